The third kappa shape index (κ3) is 4.04. The molecule has 1 saturated heterocycles. The number of aryl methyl sites for hydroxylation is 2. The van der Waals surface area contributed by atoms with Crippen LogP contribution in [-0.2, 0) is 4.74 Å². The Bertz CT molecular complexity index is 998. The van der Waals surface area contributed by atoms with Crippen molar-refractivity contribution in [3.63, 3.8) is 0 Å². The lowest BCUT2D eigenvalue weighted by Gasteiger charge is -2.28. The van der Waals surface area contributed by atoms with Gasteiger partial charge < -0.3 is 20.3 Å². The molecule has 0 radical (unpaired) electrons. The van der Waals surface area contributed by atoms with Crippen LogP contribution < -0.4 is 15.5 Å². The molecule has 0 unspecified atom stereocenters. The summed E-state index contributed by atoms with van der Waals surface area (Å²) in [6.45, 7) is 7.13. The molecule has 144 valence electrons. The molecule has 0 spiro atoms. The maximum Gasteiger partial charge on any atom is 0.323 e. The molecule has 28 heavy (non-hydrogen) atoms. The molecule has 1 fully saturated rings. The largest absolute Gasteiger partial charge is 0.378 e. The summed E-state index contributed by atoms with van der Waals surface area (Å²) in [6.07, 6.45) is 0. The predicted octanol–water partition coefficient (Wildman–Crippen LogP) is 3.73. The van der Waals surface area contributed by atoms with Crippen molar-refractivity contribution < 1.29 is 9.53 Å². The van der Waals surface area contributed by atoms with Gasteiger partial charge in [-0.15, -0.1) is 0 Å². The third-order valence-electron chi connectivity index (χ3n) is 4.83. The number of benzene rings is 2. The molecule has 2 heterocycles. The van der Waals surface area contributed by atoms with Gasteiger partial charge in [0.15, 0.2) is 0 Å². The van der Waals surface area contributed by atoms with Crippen molar-refractivity contribution in [3.05, 3.63) is 53.9 Å². The van der Waals surface area contributed by atoms with Gasteiger partial charge in [0.1, 0.15) is 0 Å². The minimum Gasteiger partial charge on any atom is -0.378 e. The van der Waals surface area contributed by atoms with Crippen LogP contribution in [0.5, 0.6) is 0 Å². The molecule has 4 rings (SSSR count). The maximum atomic E-state index is 12.3. The molecular formula is C21H23N5O2. The number of hydrogen-bond donors (Lipinski definition) is 2. The molecular weight excluding hydrogens is 354 g/mol. The molecule has 1 aliphatic heterocycles. The zero-order valence-electron chi connectivity index (χ0n) is 16.0. The minimum absolute atomic E-state index is 0.296. The number of morpholine rings is 1. The second-order valence-electron chi connectivity index (χ2n) is 6.82. The molecule has 1 aliphatic rings. The normalized spacial score (nSPS) is 14.1. The van der Waals surface area contributed by atoms with Crippen LogP contribution in [0.3, 0.4) is 0 Å². The van der Waals surface area contributed by atoms with E-state index in [1.165, 1.54) is 0 Å². The number of carbonyl (C=O) groups is 1. The summed E-state index contributed by atoms with van der Waals surface area (Å²) < 4.78 is 5.38. The SMILES string of the molecule is Cc1nc2ccc(NC(=O)Nc3ccc(N4CCOCC4)cc3)cc2nc1C. The average Bonchev–Trinajstić information content (AvgIpc) is 2.70. The van der Waals surface area contributed by atoms with Crippen molar-refractivity contribution in [3.8, 4) is 0 Å². The molecule has 7 nitrogen and oxygen atoms in total. The Balaban J connectivity index is 1.41. The average molecular weight is 377 g/mol. The van der Waals surface area contributed by atoms with Crippen LogP contribution in [0.15, 0.2) is 42.5 Å². The zero-order chi connectivity index (χ0) is 19.5. The quantitative estimate of drug-likeness (QED) is 0.727. The Morgan fingerprint density at radius 3 is 2.21 bits per heavy atom. The van der Waals surface area contributed by atoms with Crippen molar-refractivity contribution in [2.24, 2.45) is 0 Å². The smallest absolute Gasteiger partial charge is 0.323 e. The summed E-state index contributed by atoms with van der Waals surface area (Å²) in [7, 11) is 0. The van der Waals surface area contributed by atoms with Gasteiger partial charge >= 0.3 is 6.03 Å². The lowest BCUT2D eigenvalue weighted by Crippen LogP contribution is -2.36. The zero-order valence-corrected chi connectivity index (χ0v) is 16.0. The van der Waals surface area contributed by atoms with E-state index in [-0.39, 0.29) is 6.03 Å². The number of aromatic nitrogens is 2. The lowest BCUT2D eigenvalue weighted by atomic mass is 10.2. The van der Waals surface area contributed by atoms with E-state index in [1.54, 1.807) is 0 Å². The number of urea groups is 1. The molecule has 2 aromatic carbocycles. The first-order valence-corrected chi connectivity index (χ1v) is 9.34. The van der Waals surface area contributed by atoms with Gasteiger partial charge in [0.05, 0.1) is 35.6 Å². The van der Waals surface area contributed by atoms with Crippen LogP contribution in [0.25, 0.3) is 11.0 Å². The van der Waals surface area contributed by atoms with Gasteiger partial charge in [-0.2, -0.15) is 0 Å². The Morgan fingerprint density at radius 2 is 1.50 bits per heavy atom. The predicted molar refractivity (Wildman–Crippen MR) is 111 cm³/mol. The molecule has 0 saturated carbocycles. The molecule has 0 atom stereocenters. The monoisotopic (exact) mass is 377 g/mol. The van der Waals surface area contributed by atoms with E-state index in [9.17, 15) is 4.79 Å². The van der Waals surface area contributed by atoms with Gasteiger partial charge in [-0.3, -0.25) is 0 Å². The van der Waals surface area contributed by atoms with Crippen LogP contribution in [-0.4, -0.2) is 42.3 Å². The summed E-state index contributed by atoms with van der Waals surface area (Å²) in [5.74, 6) is 0. The van der Waals surface area contributed by atoms with E-state index in [0.29, 0.717) is 5.69 Å². The Labute approximate surface area is 163 Å². The fourth-order valence-corrected chi connectivity index (χ4v) is 3.18. The van der Waals surface area contributed by atoms with Crippen molar-refractivity contribution >= 4 is 34.1 Å². The van der Waals surface area contributed by atoms with E-state index < -0.39 is 0 Å². The Morgan fingerprint density at radius 1 is 0.893 bits per heavy atom. The van der Waals surface area contributed by atoms with Gasteiger partial charge in [-0.05, 0) is 56.3 Å². The fourth-order valence-electron chi connectivity index (χ4n) is 3.18. The third-order valence-corrected chi connectivity index (χ3v) is 4.83. The number of amides is 2. The fraction of sp³-hybridized carbons (Fsp3) is 0.286. The lowest BCUT2D eigenvalue weighted by molar-refractivity contribution is 0.122. The van der Waals surface area contributed by atoms with Gasteiger partial charge in [-0.1, -0.05) is 0 Å². The highest BCUT2D eigenvalue weighted by atomic mass is 16.5. The van der Waals surface area contributed by atoms with Crippen LogP contribution >= 0.6 is 0 Å². The Hall–Kier alpha value is -3.19. The van der Waals surface area contributed by atoms with E-state index in [4.69, 9.17) is 4.74 Å². The first-order chi connectivity index (χ1) is 13.6. The molecule has 0 bridgehead atoms. The number of nitrogens with one attached hydrogen (secondary N) is 2. The molecule has 2 N–H and O–H groups in total. The first kappa shape index (κ1) is 18.2. The highest BCUT2D eigenvalue weighted by Gasteiger charge is 2.11. The maximum absolute atomic E-state index is 12.3. The number of ether oxygens (including phenoxy) is 1. The van der Waals surface area contributed by atoms with Crippen molar-refractivity contribution in [1.29, 1.82) is 0 Å². The van der Waals surface area contributed by atoms with E-state index >= 15 is 0 Å². The summed E-state index contributed by atoms with van der Waals surface area (Å²) in [5.41, 5.74) is 5.91. The number of nitrogens with zero attached hydrogens (tertiary/aromatic N) is 3. The number of anilines is 3. The number of hydrogen-bond acceptors (Lipinski definition) is 5. The van der Waals surface area contributed by atoms with Crippen molar-refractivity contribution in [1.82, 2.24) is 9.97 Å². The van der Waals surface area contributed by atoms with E-state index in [0.717, 1.165) is 60.1 Å². The number of fused-ring (bicyclic) bond motifs is 1. The van der Waals surface area contributed by atoms with Crippen LogP contribution in [0.2, 0.25) is 0 Å². The Kier molecular flexibility index (Phi) is 5.08. The number of rotatable bonds is 3. The summed E-state index contributed by atoms with van der Waals surface area (Å²) in [4.78, 5) is 23.7. The topological polar surface area (TPSA) is 79.4 Å². The first-order valence-electron chi connectivity index (χ1n) is 9.34. The highest BCUT2D eigenvalue weighted by molar-refractivity contribution is 6.00. The minimum atomic E-state index is -0.296. The van der Waals surface area contributed by atoms with Gasteiger partial charge in [0.2, 0.25) is 0 Å². The molecule has 2 amide bonds. The van der Waals surface area contributed by atoms with Gasteiger partial charge in [0, 0.05) is 30.2 Å². The summed E-state index contributed by atoms with van der Waals surface area (Å²) in [5, 5.41) is 5.71. The molecule has 0 aliphatic carbocycles. The van der Waals surface area contributed by atoms with Crippen LogP contribution in [0.4, 0.5) is 21.9 Å². The molecule has 7 heteroatoms. The second-order valence-corrected chi connectivity index (χ2v) is 6.82. The van der Waals surface area contributed by atoms with E-state index in [1.807, 2.05) is 56.3 Å². The van der Waals surface area contributed by atoms with Crippen LogP contribution in [0.1, 0.15) is 11.4 Å². The standard InChI is InChI=1S/C21H23N5O2/c1-14-15(2)23-20-13-17(5-8-19(20)22-14)25-21(27)24-16-3-6-18(7-4-16)26-9-11-28-12-10-26/h3-8,13H,9-12H2,1-2H3,(H2,24,25,27). The highest BCUT2D eigenvalue weighted by Crippen LogP contribution is 2.20. The number of carbonyl (C=O) groups excluding carboxylic acids is 1. The second kappa shape index (κ2) is 7.82. The van der Waals surface area contributed by atoms with E-state index in [2.05, 4.69) is 25.5 Å². The summed E-state index contributed by atoms with van der Waals surface area (Å²) in [6, 6.07) is 13.1. The van der Waals surface area contributed by atoms with Gasteiger partial charge in [-0.25, -0.2) is 14.8 Å². The summed E-state index contributed by atoms with van der Waals surface area (Å²) >= 11 is 0. The van der Waals surface area contributed by atoms with Crippen molar-refractivity contribution in [2.75, 3.05) is 41.8 Å². The van der Waals surface area contributed by atoms with Crippen LogP contribution in [0, 0.1) is 13.8 Å². The van der Waals surface area contributed by atoms with Crippen molar-refractivity contribution in [2.45, 2.75) is 13.8 Å². The molecule has 1 aromatic heterocycles. The molecule has 3 aromatic rings. The van der Waals surface area contributed by atoms with Gasteiger partial charge in [0.25, 0.3) is 0 Å².